The molecular weight excluding hydrogens is 414 g/mol. The topological polar surface area (TPSA) is 71.8 Å². The van der Waals surface area contributed by atoms with Crippen molar-refractivity contribution in [1.29, 1.82) is 0 Å². The number of carbonyl (C=O) groups is 1. The predicted molar refractivity (Wildman–Crippen MR) is 98.6 cm³/mol. The molecule has 0 atom stereocenters. The maximum absolute atomic E-state index is 13.0. The summed E-state index contributed by atoms with van der Waals surface area (Å²) >= 11 is 5.79. The summed E-state index contributed by atoms with van der Waals surface area (Å²) in [7, 11) is 0. The Hall–Kier alpha value is -3.14. The molecule has 152 valence electrons. The maximum Gasteiger partial charge on any atom is 0.417 e. The number of alkyl halides is 3. The Kier molecular flexibility index (Phi) is 6.02. The van der Waals surface area contributed by atoms with E-state index in [-0.39, 0.29) is 35.4 Å². The first-order valence-electron chi connectivity index (χ1n) is 8.30. The third kappa shape index (κ3) is 5.23. The quantitative estimate of drug-likeness (QED) is 0.462. The number of rotatable bonds is 6. The molecule has 11 heteroatoms. The number of hydrogen-bond donors (Lipinski definition) is 2. The van der Waals surface area contributed by atoms with Crippen LogP contribution in [0.3, 0.4) is 0 Å². The molecule has 0 saturated heterocycles. The Bertz CT molecular complexity index is 1000. The number of nitrogens with one attached hydrogen (secondary N) is 2. The fraction of sp³-hybridized carbons (Fsp3) is 0.167. The van der Waals surface area contributed by atoms with Gasteiger partial charge in [0.25, 0.3) is 5.91 Å². The first-order valence-corrected chi connectivity index (χ1v) is 8.68. The van der Waals surface area contributed by atoms with E-state index in [1.165, 1.54) is 35.0 Å². The number of anilines is 1. The normalized spacial score (nSPS) is 11.3. The van der Waals surface area contributed by atoms with Crippen LogP contribution < -0.4 is 10.6 Å². The molecule has 0 radical (unpaired) electrons. The summed E-state index contributed by atoms with van der Waals surface area (Å²) in [5, 5.41) is 9.30. The minimum absolute atomic E-state index is 0.0782. The monoisotopic (exact) mass is 427 g/mol. The predicted octanol–water partition coefficient (Wildman–Crippen LogP) is 3.92. The van der Waals surface area contributed by atoms with Gasteiger partial charge in [0.05, 0.1) is 16.3 Å². The van der Waals surface area contributed by atoms with Crippen molar-refractivity contribution in [2.24, 2.45) is 0 Å². The molecule has 29 heavy (non-hydrogen) atoms. The molecule has 0 aliphatic heterocycles. The van der Waals surface area contributed by atoms with Crippen LogP contribution in [0.1, 0.15) is 16.1 Å². The largest absolute Gasteiger partial charge is 0.417 e. The van der Waals surface area contributed by atoms with Gasteiger partial charge in [0.2, 0.25) is 0 Å². The summed E-state index contributed by atoms with van der Waals surface area (Å²) in [4.78, 5) is 15.8. The Morgan fingerprint density at radius 1 is 1.14 bits per heavy atom. The number of carbonyl (C=O) groups excluding carboxylic acids is 1. The second-order valence-corrected chi connectivity index (χ2v) is 6.26. The molecule has 0 bridgehead atoms. The van der Waals surface area contributed by atoms with Crippen molar-refractivity contribution in [3.8, 4) is 5.69 Å². The van der Waals surface area contributed by atoms with Crippen molar-refractivity contribution in [1.82, 2.24) is 20.1 Å². The lowest BCUT2D eigenvalue weighted by Crippen LogP contribution is -2.29. The number of amides is 1. The van der Waals surface area contributed by atoms with Crippen molar-refractivity contribution in [2.45, 2.75) is 6.18 Å². The SMILES string of the molecule is O=C(NCCNc1ncc(C(F)(F)F)cc1Cl)c1ccn(-c2ccc(F)cc2)n1. The Morgan fingerprint density at radius 2 is 1.86 bits per heavy atom. The van der Waals surface area contributed by atoms with Crippen LogP contribution in [0, 0.1) is 5.82 Å². The zero-order chi connectivity index (χ0) is 21.0. The van der Waals surface area contributed by atoms with Crippen LogP contribution in [0.15, 0.2) is 48.8 Å². The second kappa shape index (κ2) is 8.48. The van der Waals surface area contributed by atoms with Gasteiger partial charge >= 0.3 is 6.18 Å². The van der Waals surface area contributed by atoms with Crippen molar-refractivity contribution >= 4 is 23.3 Å². The average Bonchev–Trinajstić information content (AvgIpc) is 3.16. The highest BCUT2D eigenvalue weighted by Gasteiger charge is 2.31. The van der Waals surface area contributed by atoms with Gasteiger partial charge in [0, 0.05) is 25.5 Å². The molecule has 2 aromatic heterocycles. The molecule has 0 spiro atoms. The minimum atomic E-state index is -4.53. The highest BCUT2D eigenvalue weighted by atomic mass is 35.5. The molecule has 2 N–H and O–H groups in total. The zero-order valence-corrected chi connectivity index (χ0v) is 15.4. The van der Waals surface area contributed by atoms with E-state index >= 15 is 0 Å². The van der Waals surface area contributed by atoms with Gasteiger partial charge in [-0.1, -0.05) is 11.6 Å². The molecule has 0 unspecified atom stereocenters. The third-order valence-electron chi connectivity index (χ3n) is 3.78. The van der Waals surface area contributed by atoms with Gasteiger partial charge < -0.3 is 10.6 Å². The molecule has 0 aliphatic carbocycles. The van der Waals surface area contributed by atoms with Crippen molar-refractivity contribution in [3.05, 3.63) is 70.9 Å². The van der Waals surface area contributed by atoms with Crippen LogP contribution in [0.2, 0.25) is 5.02 Å². The zero-order valence-electron chi connectivity index (χ0n) is 14.7. The van der Waals surface area contributed by atoms with Gasteiger partial charge in [-0.25, -0.2) is 14.1 Å². The van der Waals surface area contributed by atoms with Crippen LogP contribution in [-0.4, -0.2) is 33.8 Å². The van der Waals surface area contributed by atoms with Crippen LogP contribution in [0.25, 0.3) is 5.69 Å². The van der Waals surface area contributed by atoms with Gasteiger partial charge in [0.1, 0.15) is 11.6 Å². The molecule has 1 amide bonds. The van der Waals surface area contributed by atoms with E-state index in [1.807, 2.05) is 0 Å². The van der Waals surface area contributed by atoms with Crippen LogP contribution in [-0.2, 0) is 6.18 Å². The second-order valence-electron chi connectivity index (χ2n) is 5.86. The number of benzene rings is 1. The summed E-state index contributed by atoms with van der Waals surface area (Å²) in [6, 6.07) is 7.88. The van der Waals surface area contributed by atoms with E-state index in [9.17, 15) is 22.4 Å². The fourth-order valence-electron chi connectivity index (χ4n) is 2.35. The van der Waals surface area contributed by atoms with Crippen LogP contribution >= 0.6 is 11.6 Å². The van der Waals surface area contributed by atoms with E-state index in [0.29, 0.717) is 11.9 Å². The van der Waals surface area contributed by atoms with Gasteiger partial charge in [-0.15, -0.1) is 0 Å². The van der Waals surface area contributed by atoms with Crippen LogP contribution in [0.5, 0.6) is 0 Å². The summed E-state index contributed by atoms with van der Waals surface area (Å²) in [6.07, 6.45) is -2.29. The number of halogens is 5. The Balaban J connectivity index is 1.51. The molecule has 2 heterocycles. The summed E-state index contributed by atoms with van der Waals surface area (Å²) in [6.45, 7) is 0.337. The van der Waals surface area contributed by atoms with E-state index in [4.69, 9.17) is 11.6 Å². The average molecular weight is 428 g/mol. The molecule has 1 aromatic carbocycles. The minimum Gasteiger partial charge on any atom is -0.367 e. The number of hydrogen-bond acceptors (Lipinski definition) is 4. The lowest BCUT2D eigenvalue weighted by molar-refractivity contribution is -0.137. The van der Waals surface area contributed by atoms with E-state index < -0.39 is 17.6 Å². The first-order chi connectivity index (χ1) is 13.7. The molecular formula is C18H14ClF4N5O. The molecule has 3 aromatic rings. The van der Waals surface area contributed by atoms with Crippen molar-refractivity contribution < 1.29 is 22.4 Å². The fourth-order valence-corrected chi connectivity index (χ4v) is 2.59. The molecule has 0 fully saturated rings. The molecule has 0 aliphatic rings. The van der Waals surface area contributed by atoms with Crippen LogP contribution in [0.4, 0.5) is 23.4 Å². The highest BCUT2D eigenvalue weighted by molar-refractivity contribution is 6.32. The van der Waals surface area contributed by atoms with E-state index in [0.717, 1.165) is 6.07 Å². The van der Waals surface area contributed by atoms with Crippen molar-refractivity contribution in [3.63, 3.8) is 0 Å². The van der Waals surface area contributed by atoms with Gasteiger partial charge in [-0.3, -0.25) is 4.79 Å². The molecule has 3 rings (SSSR count). The van der Waals surface area contributed by atoms with Crippen molar-refractivity contribution in [2.75, 3.05) is 18.4 Å². The van der Waals surface area contributed by atoms with E-state index in [2.05, 4.69) is 20.7 Å². The van der Waals surface area contributed by atoms with Gasteiger partial charge in [-0.05, 0) is 36.4 Å². The highest BCUT2D eigenvalue weighted by Crippen LogP contribution is 2.32. The molecule has 6 nitrogen and oxygen atoms in total. The summed E-state index contributed by atoms with van der Waals surface area (Å²) in [5.74, 6) is -0.748. The van der Waals surface area contributed by atoms with Gasteiger partial charge in [-0.2, -0.15) is 18.3 Å². The van der Waals surface area contributed by atoms with E-state index in [1.54, 1.807) is 6.20 Å². The Labute approximate surface area is 167 Å². The van der Waals surface area contributed by atoms with Gasteiger partial charge in [0.15, 0.2) is 5.69 Å². The summed E-state index contributed by atoms with van der Waals surface area (Å²) in [5.41, 5.74) is -0.201. The number of aromatic nitrogens is 3. The number of nitrogens with zero attached hydrogens (tertiary/aromatic N) is 3. The lowest BCUT2D eigenvalue weighted by atomic mass is 10.3. The Morgan fingerprint density at radius 3 is 2.52 bits per heavy atom. The third-order valence-corrected chi connectivity index (χ3v) is 4.07. The maximum atomic E-state index is 13.0. The molecule has 0 saturated carbocycles. The lowest BCUT2D eigenvalue weighted by Gasteiger charge is -2.11. The summed E-state index contributed by atoms with van der Waals surface area (Å²) < 4.78 is 52.2. The smallest absolute Gasteiger partial charge is 0.367 e. The number of pyridine rings is 1. The standard InChI is InChI=1S/C18H14ClF4N5O/c19-14-9-11(18(21,22)23)10-26-16(14)24-6-7-25-17(29)15-5-8-28(27-15)13-3-1-12(20)2-4-13/h1-5,8-10H,6-7H2,(H,24,26)(H,25,29). The first kappa shape index (κ1) is 20.6.